The normalized spacial score (nSPS) is 24.9. The van der Waals surface area contributed by atoms with Gasteiger partial charge in [0.25, 0.3) is 5.91 Å². The Morgan fingerprint density at radius 1 is 1.37 bits per heavy atom. The molecule has 3 heterocycles. The maximum atomic E-state index is 12.4. The molecule has 1 N–H and O–H groups in total. The summed E-state index contributed by atoms with van der Waals surface area (Å²) >= 11 is 3.92. The molecule has 0 radical (unpaired) electrons. The summed E-state index contributed by atoms with van der Waals surface area (Å²) in [4.78, 5) is 14.4. The molecule has 3 rings (SSSR count). The first-order valence-electron chi connectivity index (χ1n) is 7.01. The fourth-order valence-corrected chi connectivity index (χ4v) is 4.54. The smallest absolute Gasteiger partial charge is 0.254 e. The van der Waals surface area contributed by atoms with E-state index >= 15 is 0 Å². The highest BCUT2D eigenvalue weighted by atomic mass is 127. The van der Waals surface area contributed by atoms with Crippen molar-refractivity contribution in [2.45, 2.75) is 31.7 Å². The van der Waals surface area contributed by atoms with Gasteiger partial charge in [0.15, 0.2) is 0 Å². The number of nitrogens with one attached hydrogen (secondary N) is 1. The van der Waals surface area contributed by atoms with Gasteiger partial charge in [0.1, 0.15) is 0 Å². The lowest BCUT2D eigenvalue weighted by atomic mass is 9.88. The Morgan fingerprint density at radius 2 is 2.16 bits per heavy atom. The molecule has 1 aromatic heterocycles. The van der Waals surface area contributed by atoms with E-state index < -0.39 is 0 Å². The molecule has 0 bridgehead atoms. The quantitative estimate of drug-likeness (QED) is 0.788. The third kappa shape index (κ3) is 3.13. The second kappa shape index (κ2) is 6.10. The van der Waals surface area contributed by atoms with Crippen LogP contribution in [0.5, 0.6) is 0 Å². The van der Waals surface area contributed by atoms with E-state index in [4.69, 9.17) is 0 Å². The molecule has 3 nitrogen and oxygen atoms in total. The Morgan fingerprint density at radius 3 is 2.74 bits per heavy atom. The zero-order chi connectivity index (χ0) is 13.2. The van der Waals surface area contributed by atoms with E-state index in [1.165, 1.54) is 22.3 Å². The topological polar surface area (TPSA) is 32.3 Å². The Kier molecular flexibility index (Phi) is 4.44. The van der Waals surface area contributed by atoms with Crippen molar-refractivity contribution < 1.29 is 4.79 Å². The van der Waals surface area contributed by atoms with Gasteiger partial charge < -0.3 is 10.2 Å². The van der Waals surface area contributed by atoms with Crippen LogP contribution in [0.2, 0.25) is 0 Å². The van der Waals surface area contributed by atoms with E-state index in [1.54, 1.807) is 11.3 Å². The van der Waals surface area contributed by atoms with Crippen LogP contribution in [0.4, 0.5) is 0 Å². The number of halogens is 1. The van der Waals surface area contributed by atoms with E-state index in [1.807, 2.05) is 16.3 Å². The first-order chi connectivity index (χ1) is 9.24. The van der Waals surface area contributed by atoms with Gasteiger partial charge in [-0.25, -0.2) is 0 Å². The zero-order valence-electron chi connectivity index (χ0n) is 10.9. The van der Waals surface area contributed by atoms with Crippen LogP contribution >= 0.6 is 33.9 Å². The highest BCUT2D eigenvalue weighted by Crippen LogP contribution is 2.27. The van der Waals surface area contributed by atoms with Gasteiger partial charge in [-0.3, -0.25) is 4.79 Å². The van der Waals surface area contributed by atoms with Crippen molar-refractivity contribution in [2.75, 3.05) is 19.6 Å². The molecule has 1 unspecified atom stereocenters. The SMILES string of the molecule is O=C(c1csc(I)c1)N1CCC(C2CCCN2)CC1. The first kappa shape index (κ1) is 13.8. The number of piperidine rings is 1. The zero-order valence-corrected chi connectivity index (χ0v) is 13.9. The second-order valence-electron chi connectivity index (χ2n) is 5.47. The molecule has 0 aromatic carbocycles. The van der Waals surface area contributed by atoms with Gasteiger partial charge in [0.05, 0.1) is 8.45 Å². The fraction of sp³-hybridized carbons (Fsp3) is 0.643. The number of hydrogen-bond donors (Lipinski definition) is 1. The van der Waals surface area contributed by atoms with Gasteiger partial charge >= 0.3 is 0 Å². The molecular formula is C14H19IN2OS. The number of carbonyl (C=O) groups is 1. The average molecular weight is 390 g/mol. The summed E-state index contributed by atoms with van der Waals surface area (Å²) in [5.41, 5.74) is 0.867. The van der Waals surface area contributed by atoms with Crippen LogP contribution in [-0.4, -0.2) is 36.5 Å². The summed E-state index contributed by atoms with van der Waals surface area (Å²) in [7, 11) is 0. The minimum absolute atomic E-state index is 0.219. The summed E-state index contributed by atoms with van der Waals surface area (Å²) in [5, 5.41) is 5.58. The van der Waals surface area contributed by atoms with Gasteiger partial charge in [-0.15, -0.1) is 11.3 Å². The lowest BCUT2D eigenvalue weighted by molar-refractivity contribution is 0.0675. The van der Waals surface area contributed by atoms with Gasteiger partial charge in [-0.05, 0) is 66.8 Å². The monoisotopic (exact) mass is 390 g/mol. The molecule has 2 saturated heterocycles. The highest BCUT2D eigenvalue weighted by Gasteiger charge is 2.30. The van der Waals surface area contributed by atoms with Crippen molar-refractivity contribution >= 4 is 39.8 Å². The van der Waals surface area contributed by atoms with Crippen LogP contribution in [0.1, 0.15) is 36.0 Å². The van der Waals surface area contributed by atoms with E-state index in [0.717, 1.165) is 37.4 Å². The Bertz CT molecular complexity index is 448. The van der Waals surface area contributed by atoms with E-state index in [-0.39, 0.29) is 5.91 Å². The lowest BCUT2D eigenvalue weighted by Crippen LogP contribution is -2.43. The molecule has 5 heteroatoms. The van der Waals surface area contributed by atoms with Gasteiger partial charge in [-0.1, -0.05) is 0 Å². The summed E-state index contributed by atoms with van der Waals surface area (Å²) in [5.74, 6) is 0.992. The van der Waals surface area contributed by atoms with Crippen LogP contribution < -0.4 is 5.32 Å². The maximum absolute atomic E-state index is 12.4. The Hall–Kier alpha value is -0.140. The summed E-state index contributed by atoms with van der Waals surface area (Å²) < 4.78 is 1.19. The maximum Gasteiger partial charge on any atom is 0.254 e. The minimum Gasteiger partial charge on any atom is -0.339 e. The number of thiophene rings is 1. The molecule has 0 saturated carbocycles. The van der Waals surface area contributed by atoms with Crippen molar-refractivity contribution in [3.63, 3.8) is 0 Å². The third-order valence-corrected chi connectivity index (χ3v) is 6.10. The first-order valence-corrected chi connectivity index (χ1v) is 8.96. The molecule has 2 fully saturated rings. The van der Waals surface area contributed by atoms with Crippen LogP contribution in [0, 0.1) is 8.80 Å². The third-order valence-electron chi connectivity index (χ3n) is 4.31. The van der Waals surface area contributed by atoms with Gasteiger partial charge in [-0.2, -0.15) is 0 Å². The van der Waals surface area contributed by atoms with E-state index in [0.29, 0.717) is 6.04 Å². The van der Waals surface area contributed by atoms with Crippen molar-refractivity contribution in [2.24, 2.45) is 5.92 Å². The molecule has 1 amide bonds. The van der Waals surface area contributed by atoms with Crippen LogP contribution in [0.3, 0.4) is 0 Å². The second-order valence-corrected chi connectivity index (χ2v) is 8.28. The lowest BCUT2D eigenvalue weighted by Gasteiger charge is -2.34. The van der Waals surface area contributed by atoms with E-state index in [2.05, 4.69) is 27.9 Å². The van der Waals surface area contributed by atoms with E-state index in [9.17, 15) is 4.79 Å². The molecule has 2 aliphatic rings. The van der Waals surface area contributed by atoms with Crippen LogP contribution in [0.25, 0.3) is 0 Å². The molecule has 0 aliphatic carbocycles. The Balaban J connectivity index is 1.56. The van der Waals surface area contributed by atoms with Crippen LogP contribution in [-0.2, 0) is 0 Å². The van der Waals surface area contributed by atoms with Crippen molar-refractivity contribution in [3.8, 4) is 0 Å². The fourth-order valence-electron chi connectivity index (χ4n) is 3.22. The van der Waals surface area contributed by atoms with Gasteiger partial charge in [0, 0.05) is 24.5 Å². The van der Waals surface area contributed by atoms with Crippen molar-refractivity contribution in [3.05, 3.63) is 19.9 Å². The molecule has 104 valence electrons. The van der Waals surface area contributed by atoms with Crippen molar-refractivity contribution in [1.82, 2.24) is 10.2 Å². The molecule has 2 aliphatic heterocycles. The number of carbonyl (C=O) groups excluding carboxylic acids is 1. The average Bonchev–Trinajstić information content (AvgIpc) is 3.09. The summed E-state index contributed by atoms with van der Waals surface area (Å²) in [6.45, 7) is 3.03. The van der Waals surface area contributed by atoms with Crippen molar-refractivity contribution in [1.29, 1.82) is 0 Å². The molecule has 1 aromatic rings. The number of nitrogens with zero attached hydrogens (tertiary/aromatic N) is 1. The predicted molar refractivity (Wildman–Crippen MR) is 86.7 cm³/mol. The highest BCUT2D eigenvalue weighted by molar-refractivity contribution is 14.1. The predicted octanol–water partition coefficient (Wildman–Crippen LogP) is 2.96. The van der Waals surface area contributed by atoms with Crippen LogP contribution in [0.15, 0.2) is 11.4 Å². The molecule has 19 heavy (non-hydrogen) atoms. The minimum atomic E-state index is 0.219. The summed E-state index contributed by atoms with van der Waals surface area (Å²) in [6, 6.07) is 2.71. The van der Waals surface area contributed by atoms with Gasteiger partial charge in [0.2, 0.25) is 0 Å². The number of likely N-dealkylation sites (tertiary alicyclic amines) is 1. The molecule has 1 atom stereocenters. The molecule has 0 spiro atoms. The number of rotatable bonds is 2. The molecular weight excluding hydrogens is 371 g/mol. The standard InChI is InChI=1S/C14H19IN2OS/c15-13-8-11(9-19-13)14(18)17-6-3-10(4-7-17)12-2-1-5-16-12/h8-10,12,16H,1-7H2. The number of hydrogen-bond acceptors (Lipinski definition) is 3. The largest absolute Gasteiger partial charge is 0.339 e. The summed E-state index contributed by atoms with van der Waals surface area (Å²) in [6.07, 6.45) is 4.95. The number of amides is 1. The Labute approximate surface area is 131 Å².